The van der Waals surface area contributed by atoms with Gasteiger partial charge in [-0.2, -0.15) is 0 Å². The molecule has 19 heavy (non-hydrogen) atoms. The summed E-state index contributed by atoms with van der Waals surface area (Å²) >= 11 is 0. The van der Waals surface area contributed by atoms with Crippen molar-refractivity contribution in [3.8, 4) is 6.07 Å². The highest BCUT2D eigenvalue weighted by Crippen LogP contribution is 2.20. The largest absolute Gasteiger partial charge is 0.372 e. The van der Waals surface area contributed by atoms with Gasteiger partial charge in [-0.05, 0) is 36.6 Å². The predicted octanol–water partition coefficient (Wildman–Crippen LogP) is 3.85. The normalized spacial score (nSPS) is 16.3. The smallest absolute Gasteiger partial charge is 0.262 e. The van der Waals surface area contributed by atoms with Crippen LogP contribution in [0.4, 0.5) is 5.69 Å². The number of benzene rings is 1. The Morgan fingerprint density at radius 3 is 2.32 bits per heavy atom. The zero-order valence-electron chi connectivity index (χ0n) is 11.0. The molecule has 3 nitrogen and oxygen atoms in total. The summed E-state index contributed by atoms with van der Waals surface area (Å²) in [5.41, 5.74) is 2.27. The Labute approximate surface area is 114 Å². The van der Waals surface area contributed by atoms with E-state index in [2.05, 4.69) is 21.9 Å². The van der Waals surface area contributed by atoms with Crippen molar-refractivity contribution < 1.29 is 0 Å². The lowest BCUT2D eigenvalue weighted by atomic mass is 10.1. The van der Waals surface area contributed by atoms with Gasteiger partial charge in [-0.1, -0.05) is 25.0 Å². The summed E-state index contributed by atoms with van der Waals surface area (Å²) in [5, 5.41) is 8.74. The first-order chi connectivity index (χ1) is 9.33. The maximum atomic E-state index is 8.74. The summed E-state index contributed by atoms with van der Waals surface area (Å²) in [6.07, 6.45) is 6.80. The Morgan fingerprint density at radius 2 is 1.79 bits per heavy atom. The second-order valence-corrected chi connectivity index (χ2v) is 4.75. The third kappa shape index (κ3) is 3.60. The number of nitrogens with zero attached hydrogens (tertiary/aromatic N) is 3. The molecule has 0 aliphatic carbocycles. The van der Waals surface area contributed by atoms with Gasteiger partial charge in [0.1, 0.15) is 0 Å². The minimum Gasteiger partial charge on any atom is -0.372 e. The van der Waals surface area contributed by atoms with Crippen LogP contribution in [0.5, 0.6) is 0 Å². The zero-order valence-corrected chi connectivity index (χ0v) is 11.0. The maximum Gasteiger partial charge on any atom is 0.262 e. The molecule has 0 aromatic heterocycles. The summed E-state index contributed by atoms with van der Waals surface area (Å²) in [7, 11) is 0. The monoisotopic (exact) mass is 251 g/mol. The van der Waals surface area contributed by atoms with Crippen molar-refractivity contribution in [1.82, 2.24) is 0 Å². The molecular weight excluding hydrogens is 234 g/mol. The van der Waals surface area contributed by atoms with E-state index in [0.717, 1.165) is 18.7 Å². The highest BCUT2D eigenvalue weighted by atomic mass is 15.1. The molecule has 1 aliphatic rings. The molecule has 1 aliphatic heterocycles. The van der Waals surface area contributed by atoms with Gasteiger partial charge in [0.05, 0.1) is 12.6 Å². The van der Waals surface area contributed by atoms with E-state index < -0.39 is 0 Å². The fraction of sp³-hybridized carbons (Fsp3) is 0.375. The Kier molecular flexibility index (Phi) is 4.59. The van der Waals surface area contributed by atoms with Crippen molar-refractivity contribution in [2.45, 2.75) is 25.7 Å². The molecule has 1 aromatic carbocycles. The number of hydrogen-bond acceptors (Lipinski definition) is 2. The molecule has 96 valence electrons. The first-order valence-corrected chi connectivity index (χ1v) is 6.68. The van der Waals surface area contributed by atoms with E-state index in [1.54, 1.807) is 6.08 Å². The summed E-state index contributed by atoms with van der Waals surface area (Å²) in [4.78, 5) is 5.58. The van der Waals surface area contributed by atoms with Crippen LogP contribution in [-0.4, -0.2) is 13.1 Å². The molecule has 0 amide bonds. The van der Waals surface area contributed by atoms with E-state index in [0.29, 0.717) is 0 Å². The second-order valence-electron chi connectivity index (χ2n) is 4.75. The number of hydrogen-bond donors (Lipinski definition) is 0. The predicted molar refractivity (Wildman–Crippen MR) is 77.3 cm³/mol. The zero-order chi connectivity index (χ0) is 13.5. The highest BCUT2D eigenvalue weighted by molar-refractivity contribution is 5.61. The SMILES string of the molecule is [C-]#[N+]/C(C#N)=C\c1ccc(N2CCCCCC2)cc1. The Balaban J connectivity index is 2.12. The summed E-state index contributed by atoms with van der Waals surface area (Å²) in [5.74, 6) is 0. The van der Waals surface area contributed by atoms with Crippen LogP contribution < -0.4 is 4.90 Å². The van der Waals surface area contributed by atoms with Crippen molar-refractivity contribution in [3.63, 3.8) is 0 Å². The number of anilines is 1. The van der Waals surface area contributed by atoms with E-state index in [1.807, 2.05) is 18.2 Å². The Morgan fingerprint density at radius 1 is 1.16 bits per heavy atom. The van der Waals surface area contributed by atoms with Crippen LogP contribution in [0.3, 0.4) is 0 Å². The number of rotatable bonds is 2. The van der Waals surface area contributed by atoms with Crippen LogP contribution in [0.25, 0.3) is 10.9 Å². The molecule has 0 spiro atoms. The van der Waals surface area contributed by atoms with Crippen molar-refractivity contribution in [3.05, 3.63) is 46.9 Å². The average molecular weight is 251 g/mol. The van der Waals surface area contributed by atoms with Gasteiger partial charge in [0.25, 0.3) is 5.70 Å². The molecule has 0 unspecified atom stereocenters. The lowest BCUT2D eigenvalue weighted by molar-refractivity contribution is 0.726. The van der Waals surface area contributed by atoms with Gasteiger partial charge in [0.15, 0.2) is 0 Å². The third-order valence-electron chi connectivity index (χ3n) is 3.40. The quantitative estimate of drug-likeness (QED) is 0.590. The van der Waals surface area contributed by atoms with E-state index in [9.17, 15) is 0 Å². The van der Waals surface area contributed by atoms with Gasteiger partial charge in [0, 0.05) is 18.8 Å². The van der Waals surface area contributed by atoms with Gasteiger partial charge in [-0.3, -0.25) is 0 Å². The number of nitriles is 1. The topological polar surface area (TPSA) is 31.4 Å². The Bertz CT molecular complexity index is 505. The summed E-state index contributed by atoms with van der Waals surface area (Å²) < 4.78 is 0. The summed E-state index contributed by atoms with van der Waals surface area (Å²) in [6, 6.07) is 9.99. The number of allylic oxidation sites excluding steroid dienone is 1. The van der Waals surface area contributed by atoms with E-state index >= 15 is 0 Å². The van der Waals surface area contributed by atoms with Crippen LogP contribution in [0, 0.1) is 17.9 Å². The molecule has 1 aromatic rings. The molecule has 0 atom stereocenters. The van der Waals surface area contributed by atoms with E-state index in [1.165, 1.54) is 31.4 Å². The maximum absolute atomic E-state index is 8.74. The molecule has 0 bridgehead atoms. The van der Waals surface area contributed by atoms with Crippen molar-refractivity contribution in [2.75, 3.05) is 18.0 Å². The molecule has 2 rings (SSSR count). The Hall–Kier alpha value is -2.26. The van der Waals surface area contributed by atoms with Crippen molar-refractivity contribution >= 4 is 11.8 Å². The van der Waals surface area contributed by atoms with Crippen LogP contribution in [0.2, 0.25) is 0 Å². The van der Waals surface area contributed by atoms with Crippen LogP contribution >= 0.6 is 0 Å². The minimum atomic E-state index is 0.127. The fourth-order valence-electron chi connectivity index (χ4n) is 2.36. The van der Waals surface area contributed by atoms with Crippen LogP contribution in [0.15, 0.2) is 30.0 Å². The highest BCUT2D eigenvalue weighted by Gasteiger charge is 2.09. The van der Waals surface area contributed by atoms with Gasteiger partial charge in [-0.25, -0.2) is 10.1 Å². The van der Waals surface area contributed by atoms with Crippen molar-refractivity contribution in [1.29, 1.82) is 5.26 Å². The molecule has 1 fully saturated rings. The molecule has 0 saturated carbocycles. The lowest BCUT2D eigenvalue weighted by Crippen LogP contribution is -2.23. The first kappa shape index (κ1) is 13.2. The molecular formula is C16H17N3. The van der Waals surface area contributed by atoms with Crippen molar-refractivity contribution in [2.24, 2.45) is 0 Å². The van der Waals surface area contributed by atoms with Crippen LogP contribution in [-0.2, 0) is 0 Å². The van der Waals surface area contributed by atoms with Gasteiger partial charge < -0.3 is 4.90 Å². The molecule has 3 heteroatoms. The van der Waals surface area contributed by atoms with Gasteiger partial charge in [0.2, 0.25) is 0 Å². The first-order valence-electron chi connectivity index (χ1n) is 6.68. The lowest BCUT2D eigenvalue weighted by Gasteiger charge is -2.22. The summed E-state index contributed by atoms with van der Waals surface area (Å²) in [6.45, 7) is 9.11. The minimum absolute atomic E-state index is 0.127. The standard InChI is InChI=1S/C16H17N3/c1-18-15(13-17)12-14-6-8-16(9-7-14)19-10-4-2-3-5-11-19/h6-9,12H,2-5,10-11H2/b15-12-. The fourth-order valence-corrected chi connectivity index (χ4v) is 2.36. The third-order valence-corrected chi connectivity index (χ3v) is 3.40. The second kappa shape index (κ2) is 6.61. The molecule has 0 N–H and O–H groups in total. The van der Waals surface area contributed by atoms with Crippen LogP contribution in [0.1, 0.15) is 31.2 Å². The molecule has 0 radical (unpaired) electrons. The molecule has 1 heterocycles. The van der Waals surface area contributed by atoms with Gasteiger partial charge in [-0.15, -0.1) is 0 Å². The average Bonchev–Trinajstić information content (AvgIpc) is 2.74. The van der Waals surface area contributed by atoms with E-state index in [4.69, 9.17) is 11.8 Å². The van der Waals surface area contributed by atoms with E-state index in [-0.39, 0.29) is 5.70 Å². The molecule has 1 saturated heterocycles. The van der Waals surface area contributed by atoms with Gasteiger partial charge >= 0.3 is 0 Å².